The van der Waals surface area contributed by atoms with Crippen molar-refractivity contribution >= 4 is 5.91 Å². The number of nitrogens with one attached hydrogen (secondary N) is 1. The highest BCUT2D eigenvalue weighted by Crippen LogP contribution is 2.20. The summed E-state index contributed by atoms with van der Waals surface area (Å²) >= 11 is 0. The molecule has 1 heterocycles. The first-order chi connectivity index (χ1) is 9.24. The number of piperazine rings is 1. The summed E-state index contributed by atoms with van der Waals surface area (Å²) in [6.07, 6.45) is 1.40. The molecular formula is C15H22N2O2. The highest BCUT2D eigenvalue weighted by Gasteiger charge is 2.16. The van der Waals surface area contributed by atoms with Crippen LogP contribution in [0.1, 0.15) is 18.1 Å². The fourth-order valence-corrected chi connectivity index (χ4v) is 2.42. The molecule has 1 aromatic rings. The van der Waals surface area contributed by atoms with Crippen molar-refractivity contribution in [1.82, 2.24) is 10.2 Å². The zero-order valence-corrected chi connectivity index (χ0v) is 11.7. The van der Waals surface area contributed by atoms with E-state index < -0.39 is 0 Å². The second-order valence-electron chi connectivity index (χ2n) is 4.81. The topological polar surface area (TPSA) is 41.6 Å². The molecule has 0 atom stereocenters. The minimum Gasteiger partial charge on any atom is -0.496 e. The summed E-state index contributed by atoms with van der Waals surface area (Å²) in [6.45, 7) is 5.52. The maximum absolute atomic E-state index is 12.2. The van der Waals surface area contributed by atoms with Crippen molar-refractivity contribution in [3.63, 3.8) is 0 Å². The Bertz CT molecular complexity index is 440. The number of methoxy groups -OCH3 is 1. The van der Waals surface area contributed by atoms with E-state index in [1.54, 1.807) is 7.11 Å². The van der Waals surface area contributed by atoms with Crippen LogP contribution >= 0.6 is 0 Å². The van der Waals surface area contributed by atoms with Crippen molar-refractivity contribution < 1.29 is 9.53 Å². The third kappa shape index (κ3) is 3.47. The van der Waals surface area contributed by atoms with Crippen molar-refractivity contribution in [3.05, 3.63) is 29.3 Å². The molecule has 0 aromatic heterocycles. The Morgan fingerprint density at radius 1 is 1.37 bits per heavy atom. The third-order valence-corrected chi connectivity index (χ3v) is 3.55. The third-order valence-electron chi connectivity index (χ3n) is 3.55. The van der Waals surface area contributed by atoms with E-state index in [1.165, 1.54) is 0 Å². The van der Waals surface area contributed by atoms with E-state index in [9.17, 15) is 4.79 Å². The molecule has 4 heteroatoms. The number of hydrogen-bond donors (Lipinski definition) is 1. The minimum atomic E-state index is 0.216. The van der Waals surface area contributed by atoms with Crippen molar-refractivity contribution in [2.45, 2.75) is 19.8 Å². The molecule has 1 amide bonds. The number of rotatable bonds is 4. The second-order valence-corrected chi connectivity index (χ2v) is 4.81. The van der Waals surface area contributed by atoms with E-state index in [0.717, 1.165) is 49.5 Å². The molecule has 0 unspecified atom stereocenters. The molecule has 0 bridgehead atoms. The lowest BCUT2D eigenvalue weighted by Gasteiger charge is -2.27. The molecule has 1 N–H and O–H groups in total. The Kier molecular flexibility index (Phi) is 4.80. The largest absolute Gasteiger partial charge is 0.496 e. The Hall–Kier alpha value is -1.55. The number of carbonyl (C=O) groups is 1. The van der Waals surface area contributed by atoms with E-state index in [1.807, 2.05) is 17.0 Å². The van der Waals surface area contributed by atoms with Crippen LogP contribution in [0.5, 0.6) is 5.75 Å². The molecule has 19 heavy (non-hydrogen) atoms. The standard InChI is InChI=1S/C15H22N2O2/c1-3-13-10-12(4-5-14(13)19-2)11-15(18)17-8-6-16-7-9-17/h4-5,10,16H,3,6-9,11H2,1-2H3. The molecule has 1 aromatic carbocycles. The molecule has 104 valence electrons. The van der Waals surface area contributed by atoms with Gasteiger partial charge in [0.05, 0.1) is 13.5 Å². The molecule has 1 aliphatic heterocycles. The highest BCUT2D eigenvalue weighted by atomic mass is 16.5. The first-order valence-electron chi connectivity index (χ1n) is 6.89. The van der Waals surface area contributed by atoms with Crippen molar-refractivity contribution in [2.24, 2.45) is 0 Å². The Labute approximate surface area is 114 Å². The maximum atomic E-state index is 12.2. The van der Waals surface area contributed by atoms with Gasteiger partial charge in [0, 0.05) is 26.2 Å². The van der Waals surface area contributed by atoms with Crippen molar-refractivity contribution in [1.29, 1.82) is 0 Å². The van der Waals surface area contributed by atoms with Crippen LogP contribution in [-0.2, 0) is 17.6 Å². The SMILES string of the molecule is CCc1cc(CC(=O)N2CCNCC2)ccc1OC. The van der Waals surface area contributed by atoms with Crippen LogP contribution in [-0.4, -0.2) is 44.1 Å². The van der Waals surface area contributed by atoms with Gasteiger partial charge in [-0.2, -0.15) is 0 Å². The molecule has 2 rings (SSSR count). The van der Waals surface area contributed by atoms with Crippen LogP contribution in [0.3, 0.4) is 0 Å². The lowest BCUT2D eigenvalue weighted by Crippen LogP contribution is -2.46. The zero-order valence-electron chi connectivity index (χ0n) is 11.7. The van der Waals surface area contributed by atoms with E-state index in [-0.39, 0.29) is 5.91 Å². The predicted molar refractivity (Wildman–Crippen MR) is 75.5 cm³/mol. The number of hydrogen-bond acceptors (Lipinski definition) is 3. The van der Waals surface area contributed by atoms with Gasteiger partial charge in [0.1, 0.15) is 5.75 Å². The van der Waals surface area contributed by atoms with Crippen LogP contribution in [0.15, 0.2) is 18.2 Å². The lowest BCUT2D eigenvalue weighted by molar-refractivity contribution is -0.131. The van der Waals surface area contributed by atoms with E-state index in [4.69, 9.17) is 4.74 Å². The Balaban J connectivity index is 2.03. The molecule has 0 spiro atoms. The molecule has 0 saturated carbocycles. The molecule has 1 aliphatic rings. The average Bonchev–Trinajstić information content (AvgIpc) is 2.48. The van der Waals surface area contributed by atoms with Crippen LogP contribution in [0.4, 0.5) is 0 Å². The highest BCUT2D eigenvalue weighted by molar-refractivity contribution is 5.79. The normalized spacial score (nSPS) is 15.4. The van der Waals surface area contributed by atoms with Crippen LogP contribution in [0, 0.1) is 0 Å². The maximum Gasteiger partial charge on any atom is 0.227 e. The number of benzene rings is 1. The van der Waals surface area contributed by atoms with E-state index in [0.29, 0.717) is 6.42 Å². The molecule has 0 radical (unpaired) electrons. The summed E-state index contributed by atoms with van der Waals surface area (Å²) in [5.41, 5.74) is 2.23. The van der Waals surface area contributed by atoms with Gasteiger partial charge in [0.2, 0.25) is 5.91 Å². The first kappa shape index (κ1) is 13.9. The van der Waals surface area contributed by atoms with Gasteiger partial charge in [-0.3, -0.25) is 4.79 Å². The summed E-state index contributed by atoms with van der Waals surface area (Å²) in [5.74, 6) is 1.12. The fourth-order valence-electron chi connectivity index (χ4n) is 2.42. The number of aryl methyl sites for hydroxylation is 1. The summed E-state index contributed by atoms with van der Waals surface area (Å²) in [7, 11) is 1.68. The second kappa shape index (κ2) is 6.57. The Morgan fingerprint density at radius 3 is 2.74 bits per heavy atom. The molecule has 0 aliphatic carbocycles. The van der Waals surface area contributed by atoms with Crippen molar-refractivity contribution in [3.8, 4) is 5.75 Å². The number of carbonyl (C=O) groups excluding carboxylic acids is 1. The molecule has 1 fully saturated rings. The van der Waals surface area contributed by atoms with E-state index in [2.05, 4.69) is 18.3 Å². The summed E-state index contributed by atoms with van der Waals surface area (Å²) < 4.78 is 5.31. The zero-order chi connectivity index (χ0) is 13.7. The van der Waals surface area contributed by atoms with Crippen molar-refractivity contribution in [2.75, 3.05) is 33.3 Å². The van der Waals surface area contributed by atoms with Gasteiger partial charge in [-0.15, -0.1) is 0 Å². The predicted octanol–water partition coefficient (Wildman–Crippen LogP) is 1.23. The quantitative estimate of drug-likeness (QED) is 0.887. The van der Waals surface area contributed by atoms with Gasteiger partial charge < -0.3 is 15.0 Å². The summed E-state index contributed by atoms with van der Waals surface area (Å²) in [6, 6.07) is 6.02. The molecular weight excluding hydrogens is 240 g/mol. The van der Waals surface area contributed by atoms with Gasteiger partial charge in [-0.1, -0.05) is 19.1 Å². The van der Waals surface area contributed by atoms with Gasteiger partial charge >= 0.3 is 0 Å². The number of amides is 1. The number of nitrogens with zero attached hydrogens (tertiary/aromatic N) is 1. The lowest BCUT2D eigenvalue weighted by atomic mass is 10.0. The monoisotopic (exact) mass is 262 g/mol. The van der Waals surface area contributed by atoms with Gasteiger partial charge in [0.15, 0.2) is 0 Å². The molecule has 1 saturated heterocycles. The Morgan fingerprint density at radius 2 is 2.11 bits per heavy atom. The summed E-state index contributed by atoms with van der Waals surface area (Å²) in [4.78, 5) is 14.1. The van der Waals surface area contributed by atoms with Gasteiger partial charge in [-0.05, 0) is 23.6 Å². The molecule has 4 nitrogen and oxygen atoms in total. The fraction of sp³-hybridized carbons (Fsp3) is 0.533. The first-order valence-corrected chi connectivity index (χ1v) is 6.89. The van der Waals surface area contributed by atoms with Crippen LogP contribution < -0.4 is 10.1 Å². The van der Waals surface area contributed by atoms with Gasteiger partial charge in [0.25, 0.3) is 0 Å². The van der Waals surface area contributed by atoms with Gasteiger partial charge in [-0.25, -0.2) is 0 Å². The van der Waals surface area contributed by atoms with Crippen LogP contribution in [0.25, 0.3) is 0 Å². The minimum absolute atomic E-state index is 0.216. The van der Waals surface area contributed by atoms with E-state index >= 15 is 0 Å². The summed E-state index contributed by atoms with van der Waals surface area (Å²) in [5, 5.41) is 3.26. The average molecular weight is 262 g/mol. The smallest absolute Gasteiger partial charge is 0.227 e. The van der Waals surface area contributed by atoms with Crippen LogP contribution in [0.2, 0.25) is 0 Å². The number of ether oxygens (including phenoxy) is 1.